The van der Waals surface area contributed by atoms with Gasteiger partial charge in [0.15, 0.2) is 0 Å². The molecule has 0 aromatic heterocycles. The van der Waals surface area contributed by atoms with Crippen molar-refractivity contribution in [1.82, 2.24) is 0 Å². The number of fused-ring (bicyclic) bond motifs is 1. The molecular formula is C12H14O2. The molecule has 2 rings (SSSR count). The van der Waals surface area contributed by atoms with Gasteiger partial charge in [-0.3, -0.25) is 0 Å². The Morgan fingerprint density at radius 1 is 1.36 bits per heavy atom. The van der Waals surface area contributed by atoms with Gasteiger partial charge in [-0.15, -0.1) is 0 Å². The van der Waals surface area contributed by atoms with E-state index >= 15 is 0 Å². The summed E-state index contributed by atoms with van der Waals surface area (Å²) in [4.78, 5) is 0. The third kappa shape index (κ3) is 1.66. The van der Waals surface area contributed by atoms with Gasteiger partial charge >= 0.3 is 0 Å². The fraction of sp³-hybridized carbons (Fsp3) is 0.333. The minimum absolute atomic E-state index is 0.213. The van der Waals surface area contributed by atoms with Crippen molar-refractivity contribution in [2.45, 2.75) is 20.1 Å². The Bertz CT molecular complexity index is 355. The van der Waals surface area contributed by atoms with Gasteiger partial charge < -0.3 is 9.47 Å². The molecule has 1 heterocycles. The van der Waals surface area contributed by atoms with Crippen molar-refractivity contribution in [3.63, 3.8) is 0 Å². The molecule has 1 aromatic carbocycles. The monoisotopic (exact) mass is 190 g/mol. The summed E-state index contributed by atoms with van der Waals surface area (Å²) in [6.45, 7) is 4.66. The molecule has 2 nitrogen and oxygen atoms in total. The lowest BCUT2D eigenvalue weighted by molar-refractivity contribution is -0.0496. The number of hydrogen-bond acceptors (Lipinski definition) is 2. The van der Waals surface area contributed by atoms with E-state index in [-0.39, 0.29) is 6.29 Å². The fourth-order valence-electron chi connectivity index (χ4n) is 1.55. The molecule has 1 aliphatic rings. The highest BCUT2D eigenvalue weighted by molar-refractivity contribution is 5.62. The Hall–Kier alpha value is -1.28. The van der Waals surface area contributed by atoms with Gasteiger partial charge in [0.25, 0.3) is 0 Å². The topological polar surface area (TPSA) is 18.5 Å². The lowest BCUT2D eigenvalue weighted by Gasteiger charge is -2.24. The fourth-order valence-corrected chi connectivity index (χ4v) is 1.55. The van der Waals surface area contributed by atoms with Crippen LogP contribution in [-0.2, 0) is 4.74 Å². The summed E-state index contributed by atoms with van der Waals surface area (Å²) in [5.41, 5.74) is 2.24. The van der Waals surface area contributed by atoms with Crippen LogP contribution in [0.5, 0.6) is 5.75 Å². The maximum Gasteiger partial charge on any atom is 0.222 e. The SMILES string of the molecule is CCOC1Oc2ccccc2C=C1C. The van der Waals surface area contributed by atoms with Gasteiger partial charge in [-0.1, -0.05) is 18.2 Å². The van der Waals surface area contributed by atoms with E-state index in [0.29, 0.717) is 6.61 Å². The van der Waals surface area contributed by atoms with E-state index in [9.17, 15) is 0 Å². The molecule has 0 N–H and O–H groups in total. The van der Waals surface area contributed by atoms with Crippen LogP contribution in [0, 0.1) is 0 Å². The van der Waals surface area contributed by atoms with Crippen molar-refractivity contribution in [2.75, 3.05) is 6.61 Å². The molecule has 74 valence electrons. The van der Waals surface area contributed by atoms with Gasteiger partial charge in [0.1, 0.15) is 5.75 Å². The van der Waals surface area contributed by atoms with Crippen LogP contribution in [0.25, 0.3) is 6.08 Å². The van der Waals surface area contributed by atoms with Crippen LogP contribution in [0.2, 0.25) is 0 Å². The second-order valence-corrected chi connectivity index (χ2v) is 3.33. The molecule has 1 aromatic rings. The van der Waals surface area contributed by atoms with Crippen molar-refractivity contribution < 1.29 is 9.47 Å². The predicted molar refractivity (Wildman–Crippen MR) is 56.1 cm³/mol. The predicted octanol–water partition coefficient (Wildman–Crippen LogP) is 2.84. The van der Waals surface area contributed by atoms with Crippen LogP contribution >= 0.6 is 0 Å². The molecule has 0 radical (unpaired) electrons. The first-order chi connectivity index (χ1) is 6.81. The van der Waals surface area contributed by atoms with Gasteiger partial charge in [0, 0.05) is 12.2 Å². The number of benzene rings is 1. The summed E-state index contributed by atoms with van der Waals surface area (Å²) >= 11 is 0. The summed E-state index contributed by atoms with van der Waals surface area (Å²) < 4.78 is 11.2. The molecule has 1 aliphatic heterocycles. The number of ether oxygens (including phenoxy) is 2. The zero-order valence-corrected chi connectivity index (χ0v) is 8.49. The molecule has 0 amide bonds. The van der Waals surface area contributed by atoms with Crippen molar-refractivity contribution >= 4 is 6.08 Å². The highest BCUT2D eigenvalue weighted by Gasteiger charge is 2.18. The van der Waals surface area contributed by atoms with Crippen LogP contribution in [0.4, 0.5) is 0 Å². The molecule has 1 atom stereocenters. The van der Waals surface area contributed by atoms with E-state index in [1.807, 2.05) is 38.1 Å². The Balaban J connectivity index is 2.29. The summed E-state index contributed by atoms with van der Waals surface area (Å²) in [5.74, 6) is 0.900. The van der Waals surface area contributed by atoms with Gasteiger partial charge in [-0.2, -0.15) is 0 Å². The second kappa shape index (κ2) is 3.84. The van der Waals surface area contributed by atoms with Crippen molar-refractivity contribution in [1.29, 1.82) is 0 Å². The molecule has 0 saturated carbocycles. The lowest BCUT2D eigenvalue weighted by atomic mass is 10.1. The zero-order chi connectivity index (χ0) is 9.97. The number of hydrogen-bond donors (Lipinski definition) is 0. The highest BCUT2D eigenvalue weighted by Crippen LogP contribution is 2.29. The van der Waals surface area contributed by atoms with Crippen LogP contribution in [0.3, 0.4) is 0 Å². The molecule has 14 heavy (non-hydrogen) atoms. The second-order valence-electron chi connectivity index (χ2n) is 3.33. The van der Waals surface area contributed by atoms with Gasteiger partial charge in [-0.05, 0) is 31.6 Å². The Morgan fingerprint density at radius 2 is 2.14 bits per heavy atom. The largest absolute Gasteiger partial charge is 0.460 e. The van der Waals surface area contributed by atoms with Crippen molar-refractivity contribution in [3.05, 3.63) is 35.4 Å². The average Bonchev–Trinajstić information content (AvgIpc) is 2.19. The molecule has 0 aliphatic carbocycles. The van der Waals surface area contributed by atoms with Crippen LogP contribution in [0.15, 0.2) is 29.8 Å². The first-order valence-electron chi connectivity index (χ1n) is 4.86. The third-order valence-electron chi connectivity index (χ3n) is 2.23. The van der Waals surface area contributed by atoms with Crippen molar-refractivity contribution in [2.24, 2.45) is 0 Å². The minimum Gasteiger partial charge on any atom is -0.460 e. The van der Waals surface area contributed by atoms with E-state index in [0.717, 1.165) is 16.9 Å². The van der Waals surface area contributed by atoms with Gasteiger partial charge in [0.2, 0.25) is 6.29 Å². The lowest BCUT2D eigenvalue weighted by Crippen LogP contribution is -2.24. The van der Waals surface area contributed by atoms with E-state index in [2.05, 4.69) is 6.08 Å². The first kappa shape index (κ1) is 9.28. The van der Waals surface area contributed by atoms with Gasteiger partial charge in [0.05, 0.1) is 0 Å². The van der Waals surface area contributed by atoms with Gasteiger partial charge in [-0.25, -0.2) is 0 Å². The molecule has 0 spiro atoms. The molecule has 1 unspecified atom stereocenters. The maximum atomic E-state index is 5.69. The van der Waals surface area contributed by atoms with Crippen LogP contribution in [-0.4, -0.2) is 12.9 Å². The summed E-state index contributed by atoms with van der Waals surface area (Å²) in [6.07, 6.45) is 1.90. The van der Waals surface area contributed by atoms with E-state index in [1.165, 1.54) is 0 Å². The normalized spacial score (nSPS) is 19.6. The standard InChI is InChI=1S/C12H14O2/c1-3-13-12-9(2)8-10-6-4-5-7-11(10)14-12/h4-8,12H,3H2,1-2H3. The molecular weight excluding hydrogens is 176 g/mol. The number of para-hydroxylation sites is 1. The zero-order valence-electron chi connectivity index (χ0n) is 8.49. The molecule has 0 fully saturated rings. The summed E-state index contributed by atoms with van der Waals surface area (Å²) in [5, 5.41) is 0. The molecule has 0 saturated heterocycles. The third-order valence-corrected chi connectivity index (χ3v) is 2.23. The highest BCUT2D eigenvalue weighted by atomic mass is 16.7. The van der Waals surface area contributed by atoms with E-state index in [4.69, 9.17) is 9.47 Å². The molecule has 2 heteroatoms. The minimum atomic E-state index is -0.213. The molecule has 0 bridgehead atoms. The van der Waals surface area contributed by atoms with Crippen LogP contribution in [0.1, 0.15) is 19.4 Å². The Kier molecular flexibility index (Phi) is 2.55. The maximum absolute atomic E-state index is 5.69. The number of rotatable bonds is 2. The summed E-state index contributed by atoms with van der Waals surface area (Å²) in [6, 6.07) is 7.98. The smallest absolute Gasteiger partial charge is 0.222 e. The van der Waals surface area contributed by atoms with E-state index in [1.54, 1.807) is 0 Å². The van der Waals surface area contributed by atoms with Crippen LogP contribution < -0.4 is 4.74 Å². The quantitative estimate of drug-likeness (QED) is 0.714. The summed E-state index contributed by atoms with van der Waals surface area (Å²) in [7, 11) is 0. The van der Waals surface area contributed by atoms with E-state index < -0.39 is 0 Å². The Labute approximate surface area is 84.2 Å². The van der Waals surface area contributed by atoms with Crippen molar-refractivity contribution in [3.8, 4) is 5.75 Å². The first-order valence-corrected chi connectivity index (χ1v) is 4.86. The Morgan fingerprint density at radius 3 is 2.93 bits per heavy atom. The average molecular weight is 190 g/mol.